The van der Waals surface area contributed by atoms with Crippen LogP contribution in [0.1, 0.15) is 60.3 Å². The zero-order chi connectivity index (χ0) is 22.4. The summed E-state index contributed by atoms with van der Waals surface area (Å²) >= 11 is 2.94. The van der Waals surface area contributed by atoms with Crippen LogP contribution in [0.25, 0.3) is 0 Å². The third kappa shape index (κ3) is 5.89. The van der Waals surface area contributed by atoms with Gasteiger partial charge in [0.1, 0.15) is 5.00 Å². The molecule has 2 N–H and O–H groups in total. The van der Waals surface area contributed by atoms with Gasteiger partial charge in [-0.3, -0.25) is 9.59 Å². The number of anilines is 2. The second-order valence-corrected chi connectivity index (χ2v) is 9.85. The highest BCUT2D eigenvalue weighted by Crippen LogP contribution is 2.38. The summed E-state index contributed by atoms with van der Waals surface area (Å²) < 4.78 is 5.03. The number of benzene rings is 1. The molecule has 1 aliphatic rings. The number of hydrogen-bond acceptors (Lipinski definition) is 6. The molecule has 166 valence electrons. The van der Waals surface area contributed by atoms with Crippen molar-refractivity contribution in [1.82, 2.24) is 0 Å². The van der Waals surface area contributed by atoms with Gasteiger partial charge in [0, 0.05) is 22.4 Å². The van der Waals surface area contributed by atoms with Gasteiger partial charge >= 0.3 is 5.97 Å². The Morgan fingerprint density at radius 3 is 2.65 bits per heavy atom. The number of rotatable bonds is 7. The summed E-state index contributed by atoms with van der Waals surface area (Å²) in [5.74, 6) is -0.669. The number of hydrogen-bond donors (Lipinski definition) is 2. The second-order valence-electron chi connectivity index (χ2n) is 7.47. The Hall–Kier alpha value is -2.32. The van der Waals surface area contributed by atoms with Crippen LogP contribution in [0.15, 0.2) is 29.2 Å². The molecular weight excluding hydrogens is 432 g/mol. The van der Waals surface area contributed by atoms with E-state index in [1.807, 2.05) is 31.2 Å². The molecule has 1 heterocycles. The van der Waals surface area contributed by atoms with Crippen molar-refractivity contribution >= 4 is 51.6 Å². The van der Waals surface area contributed by atoms with Gasteiger partial charge in [0.05, 0.1) is 17.9 Å². The first-order chi connectivity index (χ1) is 14.9. The van der Waals surface area contributed by atoms with Crippen molar-refractivity contribution in [2.45, 2.75) is 62.5 Å². The van der Waals surface area contributed by atoms with Crippen LogP contribution in [0, 0.1) is 0 Å². The minimum Gasteiger partial charge on any atom is -0.465 e. The molecule has 1 atom stereocenters. The van der Waals surface area contributed by atoms with Crippen LogP contribution >= 0.6 is 23.1 Å². The number of esters is 1. The molecule has 0 fully saturated rings. The quantitative estimate of drug-likeness (QED) is 0.334. The van der Waals surface area contributed by atoms with Crippen molar-refractivity contribution in [3.63, 3.8) is 0 Å². The van der Waals surface area contributed by atoms with Crippen LogP contribution < -0.4 is 10.6 Å². The molecule has 8 heteroatoms. The maximum atomic E-state index is 13.1. The molecule has 3 rings (SSSR count). The molecule has 1 unspecified atom stereocenters. The van der Waals surface area contributed by atoms with Gasteiger partial charge in [-0.1, -0.05) is 19.4 Å². The predicted molar refractivity (Wildman–Crippen MR) is 126 cm³/mol. The number of thioether (sulfide) groups is 1. The SMILES string of the molecule is CCC(Sc1cccc(NC(C)=O)c1)C(=O)Nc1sc2c(c1C(=O)OC)CCCCC2. The number of amides is 2. The van der Waals surface area contributed by atoms with Gasteiger partial charge in [-0.2, -0.15) is 0 Å². The maximum absolute atomic E-state index is 13.1. The molecule has 1 aliphatic carbocycles. The molecule has 2 amide bonds. The van der Waals surface area contributed by atoms with E-state index >= 15 is 0 Å². The molecule has 0 bridgehead atoms. The van der Waals surface area contributed by atoms with Crippen LogP contribution in [0.4, 0.5) is 10.7 Å². The van der Waals surface area contributed by atoms with E-state index in [1.54, 1.807) is 0 Å². The van der Waals surface area contributed by atoms with Crippen LogP contribution in [0.3, 0.4) is 0 Å². The van der Waals surface area contributed by atoms with E-state index < -0.39 is 5.97 Å². The lowest BCUT2D eigenvalue weighted by Gasteiger charge is -2.15. The topological polar surface area (TPSA) is 84.5 Å². The van der Waals surface area contributed by atoms with Crippen LogP contribution in [0.2, 0.25) is 0 Å². The van der Waals surface area contributed by atoms with Crippen LogP contribution in [-0.4, -0.2) is 30.1 Å². The third-order valence-electron chi connectivity index (χ3n) is 5.14. The lowest BCUT2D eigenvalue weighted by Crippen LogP contribution is -2.25. The van der Waals surface area contributed by atoms with Gasteiger partial charge in [-0.15, -0.1) is 23.1 Å². The van der Waals surface area contributed by atoms with E-state index in [1.165, 1.54) is 42.0 Å². The van der Waals surface area contributed by atoms with Gasteiger partial charge in [-0.05, 0) is 55.9 Å². The minimum atomic E-state index is -0.390. The molecule has 6 nitrogen and oxygen atoms in total. The van der Waals surface area contributed by atoms with Crippen molar-refractivity contribution < 1.29 is 19.1 Å². The zero-order valence-corrected chi connectivity index (χ0v) is 19.7. The molecule has 1 aromatic carbocycles. The van der Waals surface area contributed by atoms with Crippen LogP contribution in [-0.2, 0) is 27.2 Å². The second kappa shape index (κ2) is 10.8. The molecule has 0 radical (unpaired) electrons. The number of thiophene rings is 1. The lowest BCUT2D eigenvalue weighted by atomic mass is 10.1. The van der Waals surface area contributed by atoms with Crippen molar-refractivity contribution in [3.8, 4) is 0 Å². The van der Waals surface area contributed by atoms with Gasteiger partial charge < -0.3 is 15.4 Å². The number of carbonyl (C=O) groups is 3. The van der Waals surface area contributed by atoms with Crippen molar-refractivity contribution in [3.05, 3.63) is 40.3 Å². The highest BCUT2D eigenvalue weighted by atomic mass is 32.2. The highest BCUT2D eigenvalue weighted by Gasteiger charge is 2.28. The average molecular weight is 461 g/mol. The first-order valence-corrected chi connectivity index (χ1v) is 12.2. The number of ether oxygens (including phenoxy) is 1. The van der Waals surface area contributed by atoms with Crippen LogP contribution in [0.5, 0.6) is 0 Å². The Bertz CT molecular complexity index is 970. The van der Waals surface area contributed by atoms with Gasteiger partial charge in [-0.25, -0.2) is 4.79 Å². The molecule has 1 aromatic heterocycles. The summed E-state index contributed by atoms with van der Waals surface area (Å²) in [4.78, 5) is 39.0. The Morgan fingerprint density at radius 1 is 1.16 bits per heavy atom. The lowest BCUT2D eigenvalue weighted by molar-refractivity contribution is -0.116. The van der Waals surface area contributed by atoms with E-state index in [0.717, 1.165) is 42.6 Å². The predicted octanol–water partition coefficient (Wildman–Crippen LogP) is 5.27. The number of fused-ring (bicyclic) bond motifs is 1. The number of aryl methyl sites for hydroxylation is 1. The maximum Gasteiger partial charge on any atom is 0.341 e. The molecule has 0 saturated carbocycles. The Balaban J connectivity index is 1.79. The summed E-state index contributed by atoms with van der Waals surface area (Å²) in [6.07, 6.45) is 5.68. The van der Waals surface area contributed by atoms with E-state index in [0.29, 0.717) is 22.7 Å². The fraction of sp³-hybridized carbons (Fsp3) is 0.435. The number of nitrogens with one attached hydrogen (secondary N) is 2. The molecule has 0 aliphatic heterocycles. The molecule has 0 spiro atoms. The summed E-state index contributed by atoms with van der Waals surface area (Å²) in [5.41, 5.74) is 2.25. The summed E-state index contributed by atoms with van der Waals surface area (Å²) in [6, 6.07) is 7.44. The van der Waals surface area contributed by atoms with E-state index in [-0.39, 0.29) is 17.1 Å². The Labute approximate surface area is 191 Å². The average Bonchev–Trinajstić information content (AvgIpc) is 2.91. The van der Waals surface area contributed by atoms with Crippen molar-refractivity contribution in [2.75, 3.05) is 17.7 Å². The normalized spacial score (nSPS) is 14.2. The van der Waals surface area contributed by atoms with E-state index in [4.69, 9.17) is 4.74 Å². The minimum absolute atomic E-state index is 0.139. The fourth-order valence-corrected chi connectivity index (χ4v) is 5.97. The monoisotopic (exact) mass is 460 g/mol. The number of carbonyl (C=O) groups excluding carboxylic acids is 3. The summed E-state index contributed by atoms with van der Waals surface area (Å²) in [7, 11) is 1.38. The third-order valence-corrected chi connectivity index (χ3v) is 7.71. The molecule has 2 aromatic rings. The van der Waals surface area contributed by atoms with Gasteiger partial charge in [0.25, 0.3) is 0 Å². The van der Waals surface area contributed by atoms with E-state index in [2.05, 4.69) is 10.6 Å². The van der Waals surface area contributed by atoms with Gasteiger partial charge in [0.2, 0.25) is 11.8 Å². The van der Waals surface area contributed by atoms with E-state index in [9.17, 15) is 14.4 Å². The smallest absolute Gasteiger partial charge is 0.341 e. The summed E-state index contributed by atoms with van der Waals surface area (Å²) in [6.45, 7) is 3.42. The standard InChI is InChI=1S/C23H28N2O4S2/c1-4-18(30-16-10-8-9-15(13-16)24-14(2)26)21(27)25-22-20(23(28)29-3)17-11-6-5-7-12-19(17)31-22/h8-10,13,18H,4-7,11-12H2,1-3H3,(H,24,26)(H,25,27). The Morgan fingerprint density at radius 2 is 1.94 bits per heavy atom. The fourth-order valence-electron chi connectivity index (χ4n) is 3.68. The first kappa shape index (κ1) is 23.3. The molecule has 0 saturated heterocycles. The van der Waals surface area contributed by atoms with Gasteiger partial charge in [0.15, 0.2) is 0 Å². The Kier molecular flexibility index (Phi) is 8.15. The highest BCUT2D eigenvalue weighted by molar-refractivity contribution is 8.00. The largest absolute Gasteiger partial charge is 0.465 e. The first-order valence-electron chi connectivity index (χ1n) is 10.5. The van der Waals surface area contributed by atoms with Crippen molar-refractivity contribution in [1.29, 1.82) is 0 Å². The molecular formula is C23H28N2O4S2. The zero-order valence-electron chi connectivity index (χ0n) is 18.1. The summed E-state index contributed by atoms with van der Waals surface area (Å²) in [5, 5.41) is 6.03. The number of methoxy groups -OCH3 is 1. The van der Waals surface area contributed by atoms with Crippen molar-refractivity contribution in [2.24, 2.45) is 0 Å². The molecule has 31 heavy (non-hydrogen) atoms.